The van der Waals surface area contributed by atoms with E-state index in [0.29, 0.717) is 19.5 Å². The lowest BCUT2D eigenvalue weighted by Gasteiger charge is -2.28. The van der Waals surface area contributed by atoms with Crippen molar-refractivity contribution in [1.82, 2.24) is 9.47 Å². The van der Waals surface area contributed by atoms with Gasteiger partial charge in [0, 0.05) is 30.7 Å². The van der Waals surface area contributed by atoms with E-state index < -0.39 is 5.60 Å². The number of hydrogen-bond donors (Lipinski definition) is 1. The number of aromatic hydroxyl groups is 1. The van der Waals surface area contributed by atoms with Crippen molar-refractivity contribution in [3.8, 4) is 11.5 Å². The molecule has 0 unspecified atom stereocenters. The van der Waals surface area contributed by atoms with E-state index in [1.807, 2.05) is 75.0 Å². The van der Waals surface area contributed by atoms with Gasteiger partial charge in [0.2, 0.25) is 0 Å². The van der Waals surface area contributed by atoms with Crippen LogP contribution in [-0.4, -0.2) is 39.9 Å². The van der Waals surface area contributed by atoms with E-state index in [2.05, 4.69) is 0 Å². The Morgan fingerprint density at radius 3 is 2.53 bits per heavy atom. The first-order valence-corrected chi connectivity index (χ1v) is 10.1. The Morgan fingerprint density at radius 2 is 1.83 bits per heavy atom. The van der Waals surface area contributed by atoms with Crippen molar-refractivity contribution in [3.63, 3.8) is 0 Å². The quantitative estimate of drug-likeness (QED) is 0.630. The predicted octanol–water partition coefficient (Wildman–Crippen LogP) is 4.87. The lowest BCUT2D eigenvalue weighted by molar-refractivity contribution is 0.0235. The van der Waals surface area contributed by atoms with Crippen LogP contribution in [0.4, 0.5) is 4.79 Å². The molecule has 1 aromatic heterocycles. The summed E-state index contributed by atoms with van der Waals surface area (Å²) in [6, 6.07) is 13.1. The number of hydrogen-bond acceptors (Lipinski definition) is 4. The topological polar surface area (TPSA) is 63.9 Å². The summed E-state index contributed by atoms with van der Waals surface area (Å²) >= 11 is 0. The summed E-state index contributed by atoms with van der Waals surface area (Å²) in [4.78, 5) is 14.6. The number of ether oxygens (including phenoxy) is 2. The van der Waals surface area contributed by atoms with Gasteiger partial charge >= 0.3 is 6.09 Å². The van der Waals surface area contributed by atoms with Crippen LogP contribution in [-0.2, 0) is 24.8 Å². The zero-order valence-corrected chi connectivity index (χ0v) is 18.3. The third-order valence-electron chi connectivity index (χ3n) is 4.93. The highest BCUT2D eigenvalue weighted by molar-refractivity contribution is 5.89. The summed E-state index contributed by atoms with van der Waals surface area (Å²) < 4.78 is 13.1. The summed E-state index contributed by atoms with van der Waals surface area (Å²) in [7, 11) is 3.57. The average molecular weight is 411 g/mol. The van der Waals surface area contributed by atoms with E-state index in [4.69, 9.17) is 9.47 Å². The fourth-order valence-electron chi connectivity index (χ4n) is 3.56. The summed E-state index contributed by atoms with van der Waals surface area (Å²) in [6.45, 7) is 6.38. The Kier molecular flexibility index (Phi) is 6.25. The highest BCUT2D eigenvalue weighted by Gasteiger charge is 2.24. The van der Waals surface area contributed by atoms with Crippen molar-refractivity contribution in [2.24, 2.45) is 7.05 Å². The maximum Gasteiger partial charge on any atom is 0.410 e. The van der Waals surface area contributed by atoms with Crippen LogP contribution in [0, 0.1) is 0 Å². The van der Waals surface area contributed by atoms with Crippen LogP contribution in [0.15, 0.2) is 48.7 Å². The number of benzene rings is 2. The molecular weight excluding hydrogens is 380 g/mol. The summed E-state index contributed by atoms with van der Waals surface area (Å²) in [6.07, 6.45) is 2.21. The molecule has 0 fully saturated rings. The van der Waals surface area contributed by atoms with Gasteiger partial charge in [-0.15, -0.1) is 0 Å². The van der Waals surface area contributed by atoms with Gasteiger partial charge in [0.15, 0.2) is 0 Å². The molecule has 0 aliphatic rings. The number of aryl methyl sites for hydroxylation is 1. The SMILES string of the molecule is COc1ccccc1CN(CCc1cn(C)c2cccc(O)c12)C(=O)OC(C)(C)C. The first kappa shape index (κ1) is 21.6. The molecular formula is C24H30N2O4. The van der Waals surface area contributed by atoms with Gasteiger partial charge in [-0.25, -0.2) is 4.79 Å². The van der Waals surface area contributed by atoms with Gasteiger partial charge in [0.25, 0.3) is 0 Å². The van der Waals surface area contributed by atoms with Crippen LogP contribution >= 0.6 is 0 Å². The maximum absolute atomic E-state index is 12.9. The number of phenolic OH excluding ortho intramolecular Hbond substituents is 1. The monoisotopic (exact) mass is 410 g/mol. The average Bonchev–Trinajstić information content (AvgIpc) is 3.01. The molecule has 0 aliphatic heterocycles. The van der Waals surface area contributed by atoms with Crippen LogP contribution in [0.3, 0.4) is 0 Å². The van der Waals surface area contributed by atoms with Gasteiger partial charge in [0.1, 0.15) is 17.1 Å². The molecule has 3 aromatic rings. The third-order valence-corrected chi connectivity index (χ3v) is 4.93. The molecule has 6 nitrogen and oxygen atoms in total. The smallest absolute Gasteiger partial charge is 0.410 e. The van der Waals surface area contributed by atoms with Crippen molar-refractivity contribution < 1.29 is 19.4 Å². The van der Waals surface area contributed by atoms with Gasteiger partial charge in [-0.3, -0.25) is 0 Å². The number of aromatic nitrogens is 1. The highest BCUT2D eigenvalue weighted by atomic mass is 16.6. The Bertz CT molecular complexity index is 1030. The Hall–Kier alpha value is -3.15. The van der Waals surface area contributed by atoms with Crippen LogP contribution in [0.1, 0.15) is 31.9 Å². The minimum Gasteiger partial charge on any atom is -0.507 e. The summed E-state index contributed by atoms with van der Waals surface area (Å²) in [5, 5.41) is 11.2. The molecule has 160 valence electrons. The van der Waals surface area contributed by atoms with Gasteiger partial charge in [-0.05, 0) is 51.0 Å². The zero-order valence-electron chi connectivity index (χ0n) is 18.3. The van der Waals surface area contributed by atoms with Crippen molar-refractivity contribution in [2.75, 3.05) is 13.7 Å². The number of nitrogens with zero attached hydrogens (tertiary/aromatic N) is 2. The first-order chi connectivity index (χ1) is 14.2. The lowest BCUT2D eigenvalue weighted by atomic mass is 10.1. The fourth-order valence-corrected chi connectivity index (χ4v) is 3.56. The normalized spacial score (nSPS) is 11.5. The second-order valence-corrected chi connectivity index (χ2v) is 8.40. The maximum atomic E-state index is 12.9. The largest absolute Gasteiger partial charge is 0.507 e. The van der Waals surface area contributed by atoms with E-state index in [1.165, 1.54) is 0 Å². The molecule has 1 amide bonds. The highest BCUT2D eigenvalue weighted by Crippen LogP contribution is 2.30. The second-order valence-electron chi connectivity index (χ2n) is 8.40. The third kappa shape index (κ3) is 4.87. The van der Waals surface area contributed by atoms with E-state index >= 15 is 0 Å². The van der Waals surface area contributed by atoms with Gasteiger partial charge in [-0.2, -0.15) is 0 Å². The van der Waals surface area contributed by atoms with Crippen LogP contribution in [0.25, 0.3) is 10.9 Å². The molecule has 1 heterocycles. The Balaban J connectivity index is 1.87. The summed E-state index contributed by atoms with van der Waals surface area (Å²) in [5.41, 5.74) is 2.26. The number of carbonyl (C=O) groups is 1. The predicted molar refractivity (Wildman–Crippen MR) is 118 cm³/mol. The number of carbonyl (C=O) groups excluding carboxylic acids is 1. The number of methoxy groups -OCH3 is 1. The van der Waals surface area contributed by atoms with Crippen LogP contribution < -0.4 is 4.74 Å². The molecule has 0 spiro atoms. The van der Waals surface area contributed by atoms with Crippen molar-refractivity contribution in [3.05, 3.63) is 59.8 Å². The van der Waals surface area contributed by atoms with E-state index in [9.17, 15) is 9.90 Å². The van der Waals surface area contributed by atoms with Crippen molar-refractivity contribution in [2.45, 2.75) is 39.3 Å². The molecule has 1 N–H and O–H groups in total. The number of phenols is 1. The van der Waals surface area contributed by atoms with E-state index in [-0.39, 0.29) is 11.8 Å². The molecule has 0 saturated carbocycles. The van der Waals surface area contributed by atoms with E-state index in [0.717, 1.165) is 27.8 Å². The molecule has 0 bridgehead atoms. The van der Waals surface area contributed by atoms with Crippen molar-refractivity contribution in [1.29, 1.82) is 0 Å². The van der Waals surface area contributed by atoms with Crippen LogP contribution in [0.2, 0.25) is 0 Å². The number of amides is 1. The molecule has 30 heavy (non-hydrogen) atoms. The fraction of sp³-hybridized carbons (Fsp3) is 0.375. The minimum absolute atomic E-state index is 0.247. The summed E-state index contributed by atoms with van der Waals surface area (Å²) in [5.74, 6) is 0.977. The van der Waals surface area contributed by atoms with Crippen LogP contribution in [0.5, 0.6) is 11.5 Å². The molecule has 0 radical (unpaired) electrons. The molecule has 2 aromatic carbocycles. The standard InChI is InChI=1S/C24H30N2O4/c1-24(2,3)30-23(28)26(16-17-9-6-7-12-21(17)29-5)14-13-18-15-25(4)19-10-8-11-20(27)22(18)19/h6-12,15,27H,13-14,16H2,1-5H3. The first-order valence-electron chi connectivity index (χ1n) is 10.1. The molecule has 3 rings (SSSR count). The van der Waals surface area contributed by atoms with Gasteiger partial charge in [0.05, 0.1) is 19.2 Å². The number of para-hydroxylation sites is 1. The molecule has 0 atom stereocenters. The van der Waals surface area contributed by atoms with E-state index in [1.54, 1.807) is 18.1 Å². The van der Waals surface area contributed by atoms with Gasteiger partial charge in [-0.1, -0.05) is 24.3 Å². The van der Waals surface area contributed by atoms with Crippen molar-refractivity contribution >= 4 is 17.0 Å². The molecule has 0 saturated heterocycles. The second kappa shape index (κ2) is 8.69. The Morgan fingerprint density at radius 1 is 1.10 bits per heavy atom. The number of fused-ring (bicyclic) bond motifs is 1. The Labute approximate surface area is 177 Å². The van der Waals surface area contributed by atoms with Gasteiger partial charge < -0.3 is 24.0 Å². The zero-order chi connectivity index (χ0) is 21.9. The number of rotatable bonds is 6. The minimum atomic E-state index is -0.589. The molecule has 6 heteroatoms. The lowest BCUT2D eigenvalue weighted by Crippen LogP contribution is -2.37. The molecule has 0 aliphatic carbocycles.